The molecule has 0 aliphatic carbocycles. The van der Waals surface area contributed by atoms with Crippen LogP contribution in [0.2, 0.25) is 0 Å². The molecule has 0 saturated heterocycles. The molecule has 4 heteroatoms. The topological polar surface area (TPSA) is 41.6 Å². The summed E-state index contributed by atoms with van der Waals surface area (Å²) in [5.41, 5.74) is 3.22. The van der Waals surface area contributed by atoms with Gasteiger partial charge in [0, 0.05) is 30.9 Å². The van der Waals surface area contributed by atoms with Crippen LogP contribution in [0.3, 0.4) is 0 Å². The number of benzene rings is 2. The monoisotopic (exact) mass is 340 g/mol. The molecule has 2 aromatic carbocycles. The first kappa shape index (κ1) is 18.8. The summed E-state index contributed by atoms with van der Waals surface area (Å²) in [5, 5.41) is 2.94. The maximum Gasteiger partial charge on any atom is 0.224 e. The fraction of sp³-hybridized carbons (Fsp3) is 0.381. The second kappa shape index (κ2) is 9.72. The van der Waals surface area contributed by atoms with Crippen molar-refractivity contribution in [3.63, 3.8) is 0 Å². The van der Waals surface area contributed by atoms with Crippen LogP contribution in [-0.2, 0) is 4.79 Å². The van der Waals surface area contributed by atoms with E-state index in [0.717, 1.165) is 24.5 Å². The van der Waals surface area contributed by atoms with Crippen LogP contribution in [0.5, 0.6) is 5.75 Å². The Balaban J connectivity index is 1.72. The van der Waals surface area contributed by atoms with Gasteiger partial charge in [0.1, 0.15) is 5.75 Å². The Morgan fingerprint density at radius 2 is 1.64 bits per heavy atom. The molecule has 0 atom stereocenters. The number of carbonyl (C=O) groups is 1. The zero-order chi connectivity index (χ0) is 18.1. The van der Waals surface area contributed by atoms with E-state index in [1.807, 2.05) is 55.5 Å². The number of rotatable bonds is 9. The Bertz CT molecular complexity index is 647. The number of amides is 1. The van der Waals surface area contributed by atoms with E-state index in [2.05, 4.69) is 24.1 Å². The molecule has 4 nitrogen and oxygen atoms in total. The van der Waals surface area contributed by atoms with E-state index >= 15 is 0 Å². The molecule has 1 N–H and O–H groups in total. The highest BCUT2D eigenvalue weighted by molar-refractivity contribution is 5.90. The highest BCUT2D eigenvalue weighted by Gasteiger charge is 2.05. The maximum absolute atomic E-state index is 12.0. The highest BCUT2D eigenvalue weighted by Crippen LogP contribution is 2.18. The summed E-state index contributed by atoms with van der Waals surface area (Å²) in [6, 6.07) is 15.9. The van der Waals surface area contributed by atoms with Crippen molar-refractivity contribution in [2.75, 3.05) is 29.9 Å². The van der Waals surface area contributed by atoms with E-state index in [1.54, 1.807) is 0 Å². The van der Waals surface area contributed by atoms with E-state index in [-0.39, 0.29) is 5.91 Å². The van der Waals surface area contributed by atoms with Crippen LogP contribution in [0.4, 0.5) is 11.4 Å². The van der Waals surface area contributed by atoms with Gasteiger partial charge in [-0.3, -0.25) is 4.79 Å². The molecular formula is C21H28N2O2. The third-order valence-electron chi connectivity index (χ3n) is 4.12. The standard InChI is InChI=1S/C21H28N2O2/c1-4-23(5-2)19-12-10-18(11-13-19)22-21(24)7-6-16-25-20-14-8-17(3)9-15-20/h8-15H,4-7,16H2,1-3H3,(H,22,24). The summed E-state index contributed by atoms with van der Waals surface area (Å²) >= 11 is 0. The van der Waals surface area contributed by atoms with Gasteiger partial charge in [-0.05, 0) is 63.6 Å². The maximum atomic E-state index is 12.0. The summed E-state index contributed by atoms with van der Waals surface area (Å²) < 4.78 is 5.64. The van der Waals surface area contributed by atoms with Gasteiger partial charge in [0.25, 0.3) is 0 Å². The SMILES string of the molecule is CCN(CC)c1ccc(NC(=O)CCCOc2ccc(C)cc2)cc1. The summed E-state index contributed by atoms with van der Waals surface area (Å²) in [6.07, 6.45) is 1.14. The average Bonchev–Trinajstić information content (AvgIpc) is 2.63. The number of hydrogen-bond donors (Lipinski definition) is 1. The molecule has 0 saturated carbocycles. The van der Waals surface area contributed by atoms with Gasteiger partial charge in [0.15, 0.2) is 0 Å². The van der Waals surface area contributed by atoms with E-state index < -0.39 is 0 Å². The molecular weight excluding hydrogens is 312 g/mol. The van der Waals surface area contributed by atoms with Crippen molar-refractivity contribution in [3.8, 4) is 5.75 Å². The van der Waals surface area contributed by atoms with Gasteiger partial charge in [0.2, 0.25) is 5.91 Å². The zero-order valence-electron chi connectivity index (χ0n) is 15.4. The van der Waals surface area contributed by atoms with Crippen molar-refractivity contribution in [2.45, 2.75) is 33.6 Å². The number of anilines is 2. The number of carbonyl (C=O) groups excluding carboxylic acids is 1. The van der Waals surface area contributed by atoms with E-state index in [1.165, 1.54) is 11.3 Å². The largest absolute Gasteiger partial charge is 0.494 e. The fourth-order valence-electron chi connectivity index (χ4n) is 2.63. The number of ether oxygens (including phenoxy) is 1. The Morgan fingerprint density at radius 3 is 2.24 bits per heavy atom. The zero-order valence-corrected chi connectivity index (χ0v) is 15.4. The van der Waals surface area contributed by atoms with Crippen molar-refractivity contribution in [1.82, 2.24) is 0 Å². The fourth-order valence-corrected chi connectivity index (χ4v) is 2.63. The third kappa shape index (κ3) is 6.14. The molecule has 0 fully saturated rings. The Morgan fingerprint density at radius 1 is 1.00 bits per heavy atom. The molecule has 2 aromatic rings. The third-order valence-corrected chi connectivity index (χ3v) is 4.12. The molecule has 25 heavy (non-hydrogen) atoms. The number of nitrogens with zero attached hydrogens (tertiary/aromatic N) is 1. The molecule has 1 amide bonds. The molecule has 0 aliphatic heterocycles. The van der Waals surface area contributed by atoms with Crippen LogP contribution in [0.1, 0.15) is 32.3 Å². The first-order valence-electron chi connectivity index (χ1n) is 8.96. The minimum atomic E-state index is 0.0168. The van der Waals surface area contributed by atoms with Crippen molar-refractivity contribution in [3.05, 3.63) is 54.1 Å². The second-order valence-electron chi connectivity index (χ2n) is 6.03. The molecule has 0 unspecified atom stereocenters. The summed E-state index contributed by atoms with van der Waals surface area (Å²) in [7, 11) is 0. The van der Waals surface area contributed by atoms with Gasteiger partial charge in [0.05, 0.1) is 6.61 Å². The lowest BCUT2D eigenvalue weighted by molar-refractivity contribution is -0.116. The van der Waals surface area contributed by atoms with Crippen LogP contribution in [-0.4, -0.2) is 25.6 Å². The lowest BCUT2D eigenvalue weighted by Crippen LogP contribution is -2.21. The van der Waals surface area contributed by atoms with Gasteiger partial charge in [-0.2, -0.15) is 0 Å². The van der Waals surface area contributed by atoms with E-state index in [0.29, 0.717) is 19.4 Å². The number of nitrogens with one attached hydrogen (secondary N) is 1. The van der Waals surface area contributed by atoms with E-state index in [9.17, 15) is 4.79 Å². The van der Waals surface area contributed by atoms with Gasteiger partial charge >= 0.3 is 0 Å². The molecule has 0 radical (unpaired) electrons. The van der Waals surface area contributed by atoms with Crippen molar-refractivity contribution >= 4 is 17.3 Å². The second-order valence-corrected chi connectivity index (χ2v) is 6.03. The quantitative estimate of drug-likeness (QED) is 0.676. The molecule has 0 spiro atoms. The number of hydrogen-bond acceptors (Lipinski definition) is 3. The molecule has 2 rings (SSSR count). The summed E-state index contributed by atoms with van der Waals surface area (Å²) in [4.78, 5) is 14.3. The van der Waals surface area contributed by atoms with E-state index in [4.69, 9.17) is 4.74 Å². The molecule has 0 bridgehead atoms. The van der Waals surface area contributed by atoms with Gasteiger partial charge in [-0.15, -0.1) is 0 Å². The van der Waals surface area contributed by atoms with Crippen molar-refractivity contribution in [2.24, 2.45) is 0 Å². The molecule has 0 aromatic heterocycles. The van der Waals surface area contributed by atoms with Crippen LogP contribution < -0.4 is 15.0 Å². The minimum Gasteiger partial charge on any atom is -0.494 e. The van der Waals surface area contributed by atoms with Gasteiger partial charge in [-0.1, -0.05) is 17.7 Å². The van der Waals surface area contributed by atoms with Crippen molar-refractivity contribution < 1.29 is 9.53 Å². The molecule has 0 aliphatic rings. The first-order valence-corrected chi connectivity index (χ1v) is 8.96. The Labute approximate surface area is 150 Å². The lowest BCUT2D eigenvalue weighted by Gasteiger charge is -2.21. The predicted molar refractivity (Wildman–Crippen MR) is 105 cm³/mol. The van der Waals surface area contributed by atoms with Crippen molar-refractivity contribution in [1.29, 1.82) is 0 Å². The average molecular weight is 340 g/mol. The summed E-state index contributed by atoms with van der Waals surface area (Å²) in [6.45, 7) is 8.81. The van der Waals surface area contributed by atoms with Gasteiger partial charge in [-0.25, -0.2) is 0 Å². The molecule has 0 heterocycles. The minimum absolute atomic E-state index is 0.0168. The van der Waals surface area contributed by atoms with Crippen LogP contribution in [0, 0.1) is 6.92 Å². The van der Waals surface area contributed by atoms with Gasteiger partial charge < -0.3 is 15.0 Å². The predicted octanol–water partition coefficient (Wildman–Crippen LogP) is 4.64. The normalized spacial score (nSPS) is 10.4. The first-order chi connectivity index (χ1) is 12.1. The lowest BCUT2D eigenvalue weighted by atomic mass is 10.2. The molecule has 134 valence electrons. The highest BCUT2D eigenvalue weighted by atomic mass is 16.5. The smallest absolute Gasteiger partial charge is 0.224 e. The Hall–Kier alpha value is -2.49. The summed E-state index contributed by atoms with van der Waals surface area (Å²) in [5.74, 6) is 0.862. The van der Waals surface area contributed by atoms with Crippen LogP contribution >= 0.6 is 0 Å². The van der Waals surface area contributed by atoms with Crippen LogP contribution in [0.25, 0.3) is 0 Å². The Kier molecular flexibility index (Phi) is 7.33. The number of aryl methyl sites for hydroxylation is 1. The van der Waals surface area contributed by atoms with Crippen LogP contribution in [0.15, 0.2) is 48.5 Å².